The van der Waals surface area contributed by atoms with Crippen molar-refractivity contribution < 1.29 is 0 Å². The maximum absolute atomic E-state index is 4.83. The number of benzene rings is 1. The second-order valence-corrected chi connectivity index (χ2v) is 5.70. The van der Waals surface area contributed by atoms with Gasteiger partial charge >= 0.3 is 0 Å². The molecular weight excluding hydrogens is 258 g/mol. The molecule has 1 aromatic heterocycles. The topological polar surface area (TPSA) is 28.2 Å². The first kappa shape index (κ1) is 15.8. The Morgan fingerprint density at radius 1 is 1.24 bits per heavy atom. The highest BCUT2D eigenvalue weighted by atomic mass is 15.2. The van der Waals surface area contributed by atoms with E-state index in [4.69, 9.17) is 4.98 Å². The molecule has 0 aliphatic rings. The van der Waals surface area contributed by atoms with Crippen molar-refractivity contribution in [3.63, 3.8) is 0 Å². The molecule has 1 atom stereocenters. The Kier molecular flexibility index (Phi) is 5.57. The van der Waals surface area contributed by atoms with Gasteiger partial charge in [-0.25, -0.2) is 4.98 Å². The van der Waals surface area contributed by atoms with Gasteiger partial charge in [0.15, 0.2) is 0 Å². The molecule has 0 aliphatic heterocycles. The van der Waals surface area contributed by atoms with Gasteiger partial charge in [-0.15, -0.1) is 0 Å². The maximum Gasteiger partial charge on any atom is 0.129 e. The molecule has 1 N–H and O–H groups in total. The van der Waals surface area contributed by atoms with E-state index >= 15 is 0 Å². The van der Waals surface area contributed by atoms with Crippen LogP contribution < -0.4 is 10.2 Å². The van der Waals surface area contributed by atoms with Crippen LogP contribution in [0.1, 0.15) is 39.2 Å². The van der Waals surface area contributed by atoms with Gasteiger partial charge in [-0.1, -0.05) is 32.0 Å². The first-order chi connectivity index (χ1) is 10.2. The summed E-state index contributed by atoms with van der Waals surface area (Å²) >= 11 is 0. The van der Waals surface area contributed by atoms with E-state index in [-0.39, 0.29) is 0 Å². The standard InChI is InChI=1S/C18H27N3/c1-5-11-19-13-15-12-18(21(4)14(3)6-2)20-17-10-8-7-9-16(15)17/h7-10,12,14,19H,5-6,11,13H2,1-4H3. The molecule has 0 amide bonds. The van der Waals surface area contributed by atoms with Gasteiger partial charge in [0.1, 0.15) is 5.82 Å². The van der Waals surface area contributed by atoms with Crippen LogP contribution in [0.25, 0.3) is 10.9 Å². The molecule has 0 aliphatic carbocycles. The van der Waals surface area contributed by atoms with Crippen molar-refractivity contribution in [1.29, 1.82) is 0 Å². The number of anilines is 1. The highest BCUT2D eigenvalue weighted by Crippen LogP contribution is 2.24. The van der Waals surface area contributed by atoms with E-state index in [0.717, 1.165) is 37.3 Å². The average molecular weight is 285 g/mol. The number of nitrogens with one attached hydrogen (secondary N) is 1. The minimum absolute atomic E-state index is 0.495. The first-order valence-electron chi connectivity index (χ1n) is 7.99. The van der Waals surface area contributed by atoms with Crippen molar-refractivity contribution in [2.24, 2.45) is 0 Å². The Labute approximate surface area is 128 Å². The number of hydrogen-bond donors (Lipinski definition) is 1. The fourth-order valence-corrected chi connectivity index (χ4v) is 2.46. The van der Waals surface area contributed by atoms with Crippen LogP contribution in [0.3, 0.4) is 0 Å². The molecule has 0 fully saturated rings. The minimum Gasteiger partial charge on any atom is -0.357 e. The van der Waals surface area contributed by atoms with E-state index in [9.17, 15) is 0 Å². The van der Waals surface area contributed by atoms with E-state index in [0.29, 0.717) is 6.04 Å². The summed E-state index contributed by atoms with van der Waals surface area (Å²) in [5.74, 6) is 1.07. The molecule has 0 saturated carbocycles. The zero-order chi connectivity index (χ0) is 15.2. The van der Waals surface area contributed by atoms with Crippen LogP contribution in [0.15, 0.2) is 30.3 Å². The van der Waals surface area contributed by atoms with Crippen molar-refractivity contribution in [1.82, 2.24) is 10.3 Å². The summed E-state index contributed by atoms with van der Waals surface area (Å²) < 4.78 is 0. The summed E-state index contributed by atoms with van der Waals surface area (Å²) in [6, 6.07) is 11.1. The summed E-state index contributed by atoms with van der Waals surface area (Å²) in [7, 11) is 2.13. The normalized spacial score (nSPS) is 12.6. The molecule has 21 heavy (non-hydrogen) atoms. The van der Waals surface area contributed by atoms with Gasteiger partial charge < -0.3 is 10.2 Å². The summed E-state index contributed by atoms with van der Waals surface area (Å²) in [6.07, 6.45) is 2.27. The molecule has 0 saturated heterocycles. The Morgan fingerprint density at radius 2 is 2.00 bits per heavy atom. The van der Waals surface area contributed by atoms with Gasteiger partial charge in [0, 0.05) is 25.0 Å². The highest BCUT2D eigenvalue weighted by molar-refractivity contribution is 5.84. The summed E-state index contributed by atoms with van der Waals surface area (Å²) in [6.45, 7) is 8.60. The number of fused-ring (bicyclic) bond motifs is 1. The fraction of sp³-hybridized carbons (Fsp3) is 0.500. The minimum atomic E-state index is 0.495. The lowest BCUT2D eigenvalue weighted by Gasteiger charge is -2.26. The lowest BCUT2D eigenvalue weighted by molar-refractivity contribution is 0.654. The van der Waals surface area contributed by atoms with Crippen molar-refractivity contribution in [3.05, 3.63) is 35.9 Å². The molecule has 1 unspecified atom stereocenters. The Balaban J connectivity index is 2.39. The molecule has 3 heteroatoms. The predicted octanol–water partition coefficient (Wildman–Crippen LogP) is 3.97. The van der Waals surface area contributed by atoms with Gasteiger partial charge in [-0.05, 0) is 44.0 Å². The second-order valence-electron chi connectivity index (χ2n) is 5.70. The number of hydrogen-bond acceptors (Lipinski definition) is 3. The summed E-state index contributed by atoms with van der Waals surface area (Å²) in [5.41, 5.74) is 2.41. The molecule has 1 heterocycles. The summed E-state index contributed by atoms with van der Waals surface area (Å²) in [4.78, 5) is 7.10. The number of pyridine rings is 1. The Bertz CT molecular complexity index is 580. The SMILES string of the molecule is CCCNCc1cc(N(C)C(C)CC)nc2ccccc12. The van der Waals surface area contributed by atoms with Crippen molar-refractivity contribution in [3.8, 4) is 0 Å². The van der Waals surface area contributed by atoms with Gasteiger partial charge in [0.05, 0.1) is 5.52 Å². The molecule has 2 aromatic rings. The van der Waals surface area contributed by atoms with Crippen LogP contribution in [0.5, 0.6) is 0 Å². The Morgan fingerprint density at radius 3 is 2.71 bits per heavy atom. The molecule has 0 bridgehead atoms. The number of aromatic nitrogens is 1. The summed E-state index contributed by atoms with van der Waals surface area (Å²) in [5, 5.41) is 4.76. The average Bonchev–Trinajstić information content (AvgIpc) is 2.53. The highest BCUT2D eigenvalue weighted by Gasteiger charge is 2.12. The van der Waals surface area contributed by atoms with E-state index in [1.165, 1.54) is 10.9 Å². The second kappa shape index (κ2) is 7.41. The zero-order valence-corrected chi connectivity index (χ0v) is 13.7. The van der Waals surface area contributed by atoms with E-state index < -0.39 is 0 Å². The van der Waals surface area contributed by atoms with Crippen LogP contribution in [0, 0.1) is 0 Å². The quantitative estimate of drug-likeness (QED) is 0.780. The zero-order valence-electron chi connectivity index (χ0n) is 13.7. The van der Waals surface area contributed by atoms with Crippen LogP contribution in [-0.4, -0.2) is 24.6 Å². The van der Waals surface area contributed by atoms with Crippen molar-refractivity contribution in [2.45, 2.75) is 46.2 Å². The molecule has 2 rings (SSSR count). The molecule has 3 nitrogen and oxygen atoms in total. The van der Waals surface area contributed by atoms with Gasteiger partial charge in [0.2, 0.25) is 0 Å². The Hall–Kier alpha value is -1.61. The molecule has 0 radical (unpaired) electrons. The first-order valence-corrected chi connectivity index (χ1v) is 7.99. The fourth-order valence-electron chi connectivity index (χ4n) is 2.46. The van der Waals surface area contributed by atoms with Crippen LogP contribution in [-0.2, 0) is 6.54 Å². The lowest BCUT2D eigenvalue weighted by Crippen LogP contribution is -2.29. The monoisotopic (exact) mass is 285 g/mol. The van der Waals surface area contributed by atoms with Gasteiger partial charge in [-0.3, -0.25) is 0 Å². The largest absolute Gasteiger partial charge is 0.357 e. The molecule has 0 spiro atoms. The molecule has 1 aromatic carbocycles. The predicted molar refractivity (Wildman–Crippen MR) is 91.9 cm³/mol. The van der Waals surface area contributed by atoms with Crippen LogP contribution in [0.2, 0.25) is 0 Å². The van der Waals surface area contributed by atoms with Crippen molar-refractivity contribution in [2.75, 3.05) is 18.5 Å². The van der Waals surface area contributed by atoms with Crippen molar-refractivity contribution >= 4 is 16.7 Å². The smallest absolute Gasteiger partial charge is 0.129 e. The van der Waals surface area contributed by atoms with E-state index in [1.54, 1.807) is 0 Å². The maximum atomic E-state index is 4.83. The molecular formula is C18H27N3. The van der Waals surface area contributed by atoms with E-state index in [1.807, 2.05) is 0 Å². The van der Waals surface area contributed by atoms with Gasteiger partial charge in [0.25, 0.3) is 0 Å². The van der Waals surface area contributed by atoms with Gasteiger partial charge in [-0.2, -0.15) is 0 Å². The molecule has 114 valence electrons. The number of para-hydroxylation sites is 1. The third kappa shape index (κ3) is 3.73. The number of nitrogens with zero attached hydrogens (tertiary/aromatic N) is 2. The van der Waals surface area contributed by atoms with E-state index in [2.05, 4.69) is 68.4 Å². The van der Waals surface area contributed by atoms with Crippen LogP contribution in [0.4, 0.5) is 5.82 Å². The third-order valence-electron chi connectivity index (χ3n) is 4.14. The third-order valence-corrected chi connectivity index (χ3v) is 4.14. The number of rotatable bonds is 7. The lowest BCUT2D eigenvalue weighted by atomic mass is 10.1. The van der Waals surface area contributed by atoms with Crippen LogP contribution >= 0.6 is 0 Å².